The second kappa shape index (κ2) is 8.14. The monoisotopic (exact) mass is 471 g/mol. The third kappa shape index (κ3) is 4.27. The quantitative estimate of drug-likeness (QED) is 0.500. The van der Waals surface area contributed by atoms with Gasteiger partial charge in [0.15, 0.2) is 17.4 Å². The molecule has 1 aliphatic heterocycles. The molecule has 4 rings (SSSR count). The predicted octanol–water partition coefficient (Wildman–Crippen LogP) is 3.80. The number of benzene rings is 1. The zero-order valence-electron chi connectivity index (χ0n) is 17.2. The van der Waals surface area contributed by atoms with Crippen LogP contribution in [0, 0.1) is 18.6 Å². The highest BCUT2D eigenvalue weighted by molar-refractivity contribution is 5.89. The molecule has 1 aliphatic rings. The number of aliphatic hydroxyl groups excluding tert-OH is 1. The SMILES string of the molecule is Cc1c([C@H](NC(=O)Nc2cnc(N3C[C@@H](O)[C@@H]3C)nc2)C(F)(F)F)oc2c(F)cc(F)cc12. The van der Waals surface area contributed by atoms with Gasteiger partial charge < -0.3 is 25.1 Å². The number of anilines is 2. The molecular weight excluding hydrogens is 453 g/mol. The van der Waals surface area contributed by atoms with Crippen LogP contribution < -0.4 is 15.5 Å². The van der Waals surface area contributed by atoms with E-state index in [4.69, 9.17) is 4.42 Å². The summed E-state index contributed by atoms with van der Waals surface area (Å²) in [5, 5.41) is 13.3. The van der Waals surface area contributed by atoms with E-state index in [9.17, 15) is 31.9 Å². The number of aryl methyl sites for hydroxylation is 1. The van der Waals surface area contributed by atoms with Gasteiger partial charge in [-0.05, 0) is 19.9 Å². The number of β-amino-alcohol motifs (C(OH)–C–C–N with tert-alkyl or cyclic N) is 1. The number of nitrogens with zero attached hydrogens (tertiary/aromatic N) is 3. The lowest BCUT2D eigenvalue weighted by Crippen LogP contribution is -2.59. The Bertz CT molecular complexity index is 1200. The first-order valence-electron chi connectivity index (χ1n) is 9.74. The van der Waals surface area contributed by atoms with E-state index >= 15 is 0 Å². The molecule has 1 saturated heterocycles. The summed E-state index contributed by atoms with van der Waals surface area (Å²) < 4.78 is 73.7. The van der Waals surface area contributed by atoms with E-state index in [0.29, 0.717) is 18.6 Å². The average Bonchev–Trinajstić information content (AvgIpc) is 3.06. The van der Waals surface area contributed by atoms with Crippen LogP contribution in [-0.2, 0) is 0 Å². The Balaban J connectivity index is 1.53. The summed E-state index contributed by atoms with van der Waals surface area (Å²) in [7, 11) is 0. The summed E-state index contributed by atoms with van der Waals surface area (Å²) in [6, 6.07) is -2.72. The van der Waals surface area contributed by atoms with Gasteiger partial charge in [0.05, 0.1) is 30.2 Å². The Morgan fingerprint density at radius 2 is 1.94 bits per heavy atom. The highest BCUT2D eigenvalue weighted by atomic mass is 19.4. The lowest BCUT2D eigenvalue weighted by molar-refractivity contribution is -0.158. The molecule has 1 fully saturated rings. The van der Waals surface area contributed by atoms with E-state index in [-0.39, 0.29) is 22.7 Å². The van der Waals surface area contributed by atoms with Crippen molar-refractivity contribution < 1.29 is 36.3 Å². The fourth-order valence-electron chi connectivity index (χ4n) is 3.52. The number of carbonyl (C=O) groups is 1. The summed E-state index contributed by atoms with van der Waals surface area (Å²) in [6.07, 6.45) is -3.11. The first-order chi connectivity index (χ1) is 15.5. The first-order valence-corrected chi connectivity index (χ1v) is 9.74. The molecular formula is C20H18F5N5O3. The summed E-state index contributed by atoms with van der Waals surface area (Å²) in [6.45, 7) is 3.32. The minimum atomic E-state index is -5.00. The minimum Gasteiger partial charge on any atom is -0.455 e. The molecule has 0 unspecified atom stereocenters. The van der Waals surface area contributed by atoms with Gasteiger partial charge in [0.1, 0.15) is 11.6 Å². The van der Waals surface area contributed by atoms with E-state index in [2.05, 4.69) is 15.3 Å². The zero-order valence-corrected chi connectivity index (χ0v) is 17.2. The summed E-state index contributed by atoms with van der Waals surface area (Å²) in [5.74, 6) is -2.62. The molecule has 33 heavy (non-hydrogen) atoms. The maximum atomic E-state index is 14.0. The van der Waals surface area contributed by atoms with Crippen LogP contribution in [0.1, 0.15) is 24.3 Å². The topological polar surface area (TPSA) is 104 Å². The number of alkyl halides is 3. The van der Waals surface area contributed by atoms with Crippen molar-refractivity contribution in [2.75, 3.05) is 16.8 Å². The molecule has 0 saturated carbocycles. The van der Waals surface area contributed by atoms with Gasteiger partial charge in [-0.15, -0.1) is 0 Å². The van der Waals surface area contributed by atoms with Gasteiger partial charge >= 0.3 is 12.2 Å². The van der Waals surface area contributed by atoms with Crippen LogP contribution in [0.5, 0.6) is 0 Å². The summed E-state index contributed by atoms with van der Waals surface area (Å²) >= 11 is 0. The van der Waals surface area contributed by atoms with Gasteiger partial charge in [0.25, 0.3) is 0 Å². The molecule has 0 aliphatic carbocycles. The van der Waals surface area contributed by atoms with Crippen LogP contribution in [0.15, 0.2) is 28.9 Å². The van der Waals surface area contributed by atoms with Crippen molar-refractivity contribution in [1.82, 2.24) is 15.3 Å². The Morgan fingerprint density at radius 1 is 1.27 bits per heavy atom. The van der Waals surface area contributed by atoms with Crippen molar-refractivity contribution in [1.29, 1.82) is 0 Å². The largest absolute Gasteiger partial charge is 0.455 e. The molecule has 3 aromatic rings. The third-order valence-electron chi connectivity index (χ3n) is 5.44. The smallest absolute Gasteiger partial charge is 0.416 e. The van der Waals surface area contributed by atoms with Crippen molar-refractivity contribution in [3.8, 4) is 0 Å². The Labute approximate surface area is 183 Å². The van der Waals surface area contributed by atoms with Gasteiger partial charge in [-0.1, -0.05) is 0 Å². The predicted molar refractivity (Wildman–Crippen MR) is 107 cm³/mol. The number of aromatic nitrogens is 2. The van der Waals surface area contributed by atoms with Crippen molar-refractivity contribution in [2.45, 2.75) is 38.2 Å². The van der Waals surface area contributed by atoms with Gasteiger partial charge in [0.2, 0.25) is 5.95 Å². The number of amides is 2. The number of fused-ring (bicyclic) bond motifs is 1. The van der Waals surface area contributed by atoms with Crippen LogP contribution in [0.25, 0.3) is 11.0 Å². The van der Waals surface area contributed by atoms with Crippen molar-refractivity contribution in [3.63, 3.8) is 0 Å². The molecule has 3 atom stereocenters. The van der Waals surface area contributed by atoms with E-state index in [1.165, 1.54) is 19.3 Å². The number of hydrogen-bond acceptors (Lipinski definition) is 6. The van der Waals surface area contributed by atoms with Crippen LogP contribution in [0.4, 0.5) is 38.4 Å². The van der Waals surface area contributed by atoms with Crippen LogP contribution in [0.3, 0.4) is 0 Å². The average molecular weight is 471 g/mol. The minimum absolute atomic E-state index is 0.0142. The third-order valence-corrected chi connectivity index (χ3v) is 5.44. The second-order valence-corrected chi connectivity index (χ2v) is 7.66. The Hall–Kier alpha value is -3.48. The van der Waals surface area contributed by atoms with Crippen molar-refractivity contribution in [3.05, 3.63) is 47.5 Å². The molecule has 13 heteroatoms. The summed E-state index contributed by atoms with van der Waals surface area (Å²) in [4.78, 5) is 22.0. The molecule has 0 spiro atoms. The number of rotatable bonds is 4. The lowest BCUT2D eigenvalue weighted by atomic mass is 10.0. The molecule has 8 nitrogen and oxygen atoms in total. The molecule has 0 bridgehead atoms. The number of furan rings is 1. The molecule has 1 aromatic carbocycles. The molecule has 3 heterocycles. The maximum absolute atomic E-state index is 14.0. The van der Waals surface area contributed by atoms with E-state index in [1.807, 2.05) is 0 Å². The Kier molecular flexibility index (Phi) is 5.60. The lowest BCUT2D eigenvalue weighted by Gasteiger charge is -2.43. The van der Waals surface area contributed by atoms with Crippen LogP contribution >= 0.6 is 0 Å². The zero-order chi connectivity index (χ0) is 24.1. The number of carbonyl (C=O) groups excluding carboxylic acids is 1. The standard InChI is InChI=1S/C20H18F5N5O3/c1-8-12-3-10(21)4-13(22)16(12)33-15(8)17(20(23,24)25)29-19(32)28-11-5-26-18(27-6-11)30-7-14(31)9(30)2/h3-6,9,14,17,31H,7H2,1-2H3,(H2,28,29,32)/t9-,14+,17-/m0/s1. The second-order valence-electron chi connectivity index (χ2n) is 7.66. The number of urea groups is 1. The van der Waals surface area contributed by atoms with Crippen molar-refractivity contribution >= 4 is 28.6 Å². The van der Waals surface area contributed by atoms with Gasteiger partial charge in [-0.3, -0.25) is 0 Å². The molecule has 0 radical (unpaired) electrons. The molecule has 2 amide bonds. The van der Waals surface area contributed by atoms with Gasteiger partial charge in [-0.2, -0.15) is 13.2 Å². The van der Waals surface area contributed by atoms with Crippen LogP contribution in [-0.4, -0.2) is 46.0 Å². The normalized spacial score (nSPS) is 19.3. The number of aliphatic hydroxyl groups is 1. The fourth-order valence-corrected chi connectivity index (χ4v) is 3.52. The fraction of sp³-hybridized carbons (Fsp3) is 0.350. The van der Waals surface area contributed by atoms with E-state index in [0.717, 1.165) is 6.07 Å². The number of hydrogen-bond donors (Lipinski definition) is 3. The van der Waals surface area contributed by atoms with Crippen LogP contribution in [0.2, 0.25) is 0 Å². The van der Waals surface area contributed by atoms with E-state index in [1.54, 1.807) is 17.1 Å². The Morgan fingerprint density at radius 3 is 2.52 bits per heavy atom. The number of nitrogens with one attached hydrogen (secondary N) is 2. The molecule has 176 valence electrons. The van der Waals surface area contributed by atoms with Gasteiger partial charge in [-0.25, -0.2) is 23.5 Å². The summed E-state index contributed by atoms with van der Waals surface area (Å²) in [5.41, 5.74) is -0.695. The highest BCUT2D eigenvalue weighted by Gasteiger charge is 2.45. The first kappa shape index (κ1) is 22.7. The highest BCUT2D eigenvalue weighted by Crippen LogP contribution is 2.39. The molecule has 3 N–H and O–H groups in total. The van der Waals surface area contributed by atoms with Gasteiger partial charge in [0, 0.05) is 23.6 Å². The maximum Gasteiger partial charge on any atom is 0.416 e. The molecule has 2 aromatic heterocycles. The number of halogens is 5. The van der Waals surface area contributed by atoms with Crippen molar-refractivity contribution in [2.24, 2.45) is 0 Å². The van der Waals surface area contributed by atoms with E-state index < -0.39 is 47.3 Å².